The molecule has 0 radical (unpaired) electrons. The van der Waals surface area contributed by atoms with Gasteiger partial charge in [-0.15, -0.1) is 0 Å². The quantitative estimate of drug-likeness (QED) is 0.171. The SMILES string of the molecule is CNC1NC(NCc2cccc(NC(=O)/C=C/C(=O)OC)c2)NC(Nc2cccc3cnccc23)N1. The average Bonchev–Trinajstić information content (AvgIpc) is 2.91. The zero-order chi connectivity index (χ0) is 25.3. The average molecular weight is 491 g/mol. The fourth-order valence-corrected chi connectivity index (χ4v) is 3.79. The number of fused-ring (bicyclic) bond motifs is 1. The molecule has 0 aliphatic carbocycles. The van der Waals surface area contributed by atoms with Gasteiger partial charge in [-0.3, -0.25) is 36.4 Å². The monoisotopic (exact) mass is 490 g/mol. The molecular formula is C25H30N8O3. The molecule has 3 aromatic rings. The number of esters is 1. The van der Waals surface area contributed by atoms with Crippen LogP contribution >= 0.6 is 0 Å². The number of methoxy groups -OCH3 is 1. The number of hydrogen-bond donors (Lipinski definition) is 7. The van der Waals surface area contributed by atoms with E-state index in [1.54, 1.807) is 12.3 Å². The molecule has 1 saturated heterocycles. The second kappa shape index (κ2) is 12.2. The lowest BCUT2D eigenvalue weighted by Gasteiger charge is -2.39. The molecule has 1 amide bonds. The van der Waals surface area contributed by atoms with Crippen molar-refractivity contribution in [3.8, 4) is 0 Å². The molecule has 0 saturated carbocycles. The zero-order valence-electron chi connectivity index (χ0n) is 20.0. The molecule has 3 unspecified atom stereocenters. The number of anilines is 2. The third-order valence-corrected chi connectivity index (χ3v) is 5.55. The molecule has 1 fully saturated rings. The molecule has 0 bridgehead atoms. The first kappa shape index (κ1) is 25.2. The van der Waals surface area contributed by atoms with Crippen molar-refractivity contribution in [3.05, 3.63) is 78.6 Å². The van der Waals surface area contributed by atoms with E-state index in [4.69, 9.17) is 0 Å². The van der Waals surface area contributed by atoms with Gasteiger partial charge in [-0.2, -0.15) is 0 Å². The van der Waals surface area contributed by atoms with Gasteiger partial charge in [-0.05, 0) is 36.9 Å². The maximum atomic E-state index is 12.0. The smallest absolute Gasteiger partial charge is 0.330 e. The van der Waals surface area contributed by atoms with E-state index in [1.807, 2.05) is 55.7 Å². The van der Waals surface area contributed by atoms with Gasteiger partial charge in [0, 0.05) is 53.2 Å². The van der Waals surface area contributed by atoms with Crippen LogP contribution in [-0.4, -0.2) is 49.9 Å². The van der Waals surface area contributed by atoms with Crippen LogP contribution in [0.2, 0.25) is 0 Å². The lowest BCUT2D eigenvalue weighted by atomic mass is 10.1. The number of carbonyl (C=O) groups excluding carboxylic acids is 2. The standard InChI is InChI=1S/C25H30N8O3/c1-26-23-31-24(33-25(32-23)30-20-8-4-6-17-15-27-12-11-19(17)20)28-14-16-5-3-7-18(13-16)29-21(34)9-10-22(35)36-2/h3-13,15,23-26,28,30-33H,14H2,1-2H3,(H,29,34)/b10-9+. The van der Waals surface area contributed by atoms with E-state index in [9.17, 15) is 9.59 Å². The van der Waals surface area contributed by atoms with Crippen LogP contribution in [0.4, 0.5) is 11.4 Å². The van der Waals surface area contributed by atoms with E-state index in [2.05, 4.69) is 46.9 Å². The summed E-state index contributed by atoms with van der Waals surface area (Å²) in [6.07, 6.45) is 5.24. The van der Waals surface area contributed by atoms with Crippen LogP contribution in [0, 0.1) is 0 Å². The van der Waals surface area contributed by atoms with Gasteiger partial charge in [-0.1, -0.05) is 24.3 Å². The van der Waals surface area contributed by atoms with E-state index in [1.165, 1.54) is 7.11 Å². The van der Waals surface area contributed by atoms with Crippen LogP contribution in [0.1, 0.15) is 5.56 Å². The Morgan fingerprint density at radius 3 is 2.67 bits per heavy atom. The maximum Gasteiger partial charge on any atom is 0.330 e. The summed E-state index contributed by atoms with van der Waals surface area (Å²) in [7, 11) is 3.13. The molecule has 0 spiro atoms. The fraction of sp³-hybridized carbons (Fsp3) is 0.240. The molecule has 2 aromatic carbocycles. The van der Waals surface area contributed by atoms with Crippen molar-refractivity contribution in [2.45, 2.75) is 25.4 Å². The largest absolute Gasteiger partial charge is 0.466 e. The summed E-state index contributed by atoms with van der Waals surface area (Å²) in [6.45, 7) is 0.537. The van der Waals surface area contributed by atoms with Crippen LogP contribution in [-0.2, 0) is 20.9 Å². The first-order valence-corrected chi connectivity index (χ1v) is 11.5. The molecule has 188 valence electrons. The van der Waals surface area contributed by atoms with Crippen molar-refractivity contribution in [2.24, 2.45) is 0 Å². The van der Waals surface area contributed by atoms with Crippen LogP contribution in [0.3, 0.4) is 0 Å². The van der Waals surface area contributed by atoms with Crippen molar-refractivity contribution in [1.29, 1.82) is 0 Å². The Morgan fingerprint density at radius 1 is 1.03 bits per heavy atom. The lowest BCUT2D eigenvalue weighted by molar-refractivity contribution is -0.135. The number of benzene rings is 2. The Hall–Kier alpha value is -3.87. The lowest BCUT2D eigenvalue weighted by Crippen LogP contribution is -2.75. The van der Waals surface area contributed by atoms with Gasteiger partial charge in [-0.25, -0.2) is 4.79 Å². The molecule has 1 aromatic heterocycles. The summed E-state index contributed by atoms with van der Waals surface area (Å²) in [5.74, 6) is -1.00. The maximum absolute atomic E-state index is 12.0. The Balaban J connectivity index is 1.36. The normalized spacial score (nSPS) is 19.8. The molecule has 11 heteroatoms. The number of rotatable bonds is 9. The second-order valence-electron chi connectivity index (χ2n) is 8.06. The van der Waals surface area contributed by atoms with Gasteiger partial charge >= 0.3 is 5.97 Å². The van der Waals surface area contributed by atoms with Gasteiger partial charge < -0.3 is 15.4 Å². The highest BCUT2D eigenvalue weighted by molar-refractivity contribution is 6.02. The molecule has 1 aliphatic heterocycles. The van der Waals surface area contributed by atoms with Crippen LogP contribution < -0.4 is 37.2 Å². The van der Waals surface area contributed by atoms with E-state index >= 15 is 0 Å². The van der Waals surface area contributed by atoms with Crippen LogP contribution in [0.25, 0.3) is 10.8 Å². The van der Waals surface area contributed by atoms with Crippen LogP contribution in [0.15, 0.2) is 73.1 Å². The molecule has 7 N–H and O–H groups in total. The number of nitrogens with zero attached hydrogens (tertiary/aromatic N) is 1. The van der Waals surface area contributed by atoms with E-state index in [-0.39, 0.29) is 18.9 Å². The third kappa shape index (κ3) is 6.84. The topological polar surface area (TPSA) is 140 Å². The minimum absolute atomic E-state index is 0.148. The number of ether oxygens (including phenoxy) is 1. The van der Waals surface area contributed by atoms with Crippen molar-refractivity contribution in [3.63, 3.8) is 0 Å². The Morgan fingerprint density at radius 2 is 1.83 bits per heavy atom. The van der Waals surface area contributed by atoms with Crippen molar-refractivity contribution in [2.75, 3.05) is 24.8 Å². The predicted octanol–water partition coefficient (Wildman–Crippen LogP) is 0.957. The molecule has 2 heterocycles. The number of aromatic nitrogens is 1. The van der Waals surface area contributed by atoms with E-state index in [0.717, 1.165) is 34.2 Å². The highest BCUT2D eigenvalue weighted by Gasteiger charge is 2.25. The van der Waals surface area contributed by atoms with E-state index < -0.39 is 11.9 Å². The zero-order valence-corrected chi connectivity index (χ0v) is 20.0. The van der Waals surface area contributed by atoms with Crippen molar-refractivity contribution >= 4 is 34.0 Å². The minimum atomic E-state index is -0.588. The van der Waals surface area contributed by atoms with Gasteiger partial charge in [0.05, 0.1) is 7.11 Å². The number of pyridine rings is 1. The van der Waals surface area contributed by atoms with Gasteiger partial charge in [0.25, 0.3) is 0 Å². The predicted molar refractivity (Wildman–Crippen MR) is 138 cm³/mol. The highest BCUT2D eigenvalue weighted by atomic mass is 16.5. The Kier molecular flexibility index (Phi) is 8.55. The van der Waals surface area contributed by atoms with Gasteiger partial charge in [0.15, 0.2) is 0 Å². The Bertz CT molecular complexity index is 1230. The number of carbonyl (C=O) groups is 2. The fourth-order valence-electron chi connectivity index (χ4n) is 3.79. The minimum Gasteiger partial charge on any atom is -0.466 e. The van der Waals surface area contributed by atoms with E-state index in [0.29, 0.717) is 12.2 Å². The van der Waals surface area contributed by atoms with Crippen LogP contribution in [0.5, 0.6) is 0 Å². The van der Waals surface area contributed by atoms with Gasteiger partial charge in [0.1, 0.15) is 18.9 Å². The first-order valence-electron chi connectivity index (χ1n) is 11.5. The molecule has 36 heavy (non-hydrogen) atoms. The third-order valence-electron chi connectivity index (χ3n) is 5.55. The van der Waals surface area contributed by atoms with Crippen molar-refractivity contribution < 1.29 is 14.3 Å². The number of nitrogens with one attached hydrogen (secondary N) is 7. The first-order chi connectivity index (χ1) is 17.5. The summed E-state index contributed by atoms with van der Waals surface area (Å²) >= 11 is 0. The summed E-state index contributed by atoms with van der Waals surface area (Å²) in [4.78, 5) is 27.4. The molecular weight excluding hydrogens is 460 g/mol. The van der Waals surface area contributed by atoms with Gasteiger partial charge in [0.2, 0.25) is 5.91 Å². The second-order valence-corrected chi connectivity index (χ2v) is 8.06. The Labute approximate surface area is 209 Å². The highest BCUT2D eigenvalue weighted by Crippen LogP contribution is 2.22. The molecule has 4 rings (SSSR count). The summed E-state index contributed by atoms with van der Waals surface area (Å²) in [5, 5.41) is 25.3. The molecule has 11 nitrogen and oxygen atoms in total. The summed E-state index contributed by atoms with van der Waals surface area (Å²) < 4.78 is 4.49. The molecule has 1 aliphatic rings. The number of amides is 1. The molecule has 3 atom stereocenters. The van der Waals surface area contributed by atoms with Crippen molar-refractivity contribution in [1.82, 2.24) is 31.6 Å². The summed E-state index contributed by atoms with van der Waals surface area (Å²) in [5.41, 5.74) is 2.58. The number of hydrogen-bond acceptors (Lipinski definition) is 10. The summed E-state index contributed by atoms with van der Waals surface area (Å²) in [6, 6.07) is 15.5.